The van der Waals surface area contributed by atoms with Gasteiger partial charge in [-0.1, -0.05) is 25.7 Å². The van der Waals surface area contributed by atoms with Crippen molar-refractivity contribution in [1.82, 2.24) is 15.1 Å². The summed E-state index contributed by atoms with van der Waals surface area (Å²) in [5.74, 6) is 1.12. The summed E-state index contributed by atoms with van der Waals surface area (Å²) in [6, 6.07) is 0.291. The van der Waals surface area contributed by atoms with E-state index in [0.717, 1.165) is 37.5 Å². The maximum atomic E-state index is 12.1. The second-order valence-corrected chi connectivity index (χ2v) is 6.91. The van der Waals surface area contributed by atoms with Gasteiger partial charge in [0.25, 0.3) is 0 Å². The molecule has 0 spiro atoms. The van der Waals surface area contributed by atoms with Gasteiger partial charge in [0.15, 0.2) is 0 Å². The van der Waals surface area contributed by atoms with E-state index in [0.29, 0.717) is 12.5 Å². The van der Waals surface area contributed by atoms with Crippen LogP contribution in [-0.4, -0.2) is 34.8 Å². The Bertz CT molecular complexity index is 493. The number of anilines is 1. The zero-order chi connectivity index (χ0) is 15.4. The Morgan fingerprint density at radius 2 is 2.18 bits per heavy atom. The lowest BCUT2D eigenvalue weighted by Gasteiger charge is -2.17. The Labute approximate surface area is 133 Å². The summed E-state index contributed by atoms with van der Waals surface area (Å²) in [5.41, 5.74) is 1.15. The third kappa shape index (κ3) is 4.02. The van der Waals surface area contributed by atoms with Gasteiger partial charge in [0.05, 0.1) is 11.9 Å². The Balaban J connectivity index is 1.35. The molecule has 122 valence electrons. The summed E-state index contributed by atoms with van der Waals surface area (Å²) < 4.78 is 1.82. The van der Waals surface area contributed by atoms with Crippen LogP contribution >= 0.6 is 0 Å². The topological polar surface area (TPSA) is 50.2 Å². The normalized spacial score (nSPS) is 22.4. The average Bonchev–Trinajstić information content (AvgIpc) is 3.20. The molecular weight excluding hydrogens is 276 g/mol. The van der Waals surface area contributed by atoms with Gasteiger partial charge in [-0.05, 0) is 25.2 Å². The van der Waals surface area contributed by atoms with Gasteiger partial charge in [-0.15, -0.1) is 0 Å². The van der Waals surface area contributed by atoms with Gasteiger partial charge in [-0.3, -0.25) is 9.48 Å². The maximum Gasteiger partial charge on any atom is 0.220 e. The van der Waals surface area contributed by atoms with Crippen LogP contribution < -0.4 is 10.2 Å². The number of amides is 1. The molecule has 1 aromatic heterocycles. The van der Waals surface area contributed by atoms with Crippen molar-refractivity contribution in [3.8, 4) is 0 Å². The van der Waals surface area contributed by atoms with Gasteiger partial charge in [-0.2, -0.15) is 5.10 Å². The van der Waals surface area contributed by atoms with Crippen molar-refractivity contribution in [3.63, 3.8) is 0 Å². The van der Waals surface area contributed by atoms with E-state index >= 15 is 0 Å². The first-order valence-electron chi connectivity index (χ1n) is 8.73. The highest BCUT2D eigenvalue weighted by molar-refractivity contribution is 5.76. The second-order valence-electron chi connectivity index (χ2n) is 6.91. The minimum atomic E-state index is 0.232. The number of hydrogen-bond donors (Lipinski definition) is 1. The van der Waals surface area contributed by atoms with E-state index in [9.17, 15) is 4.79 Å². The van der Waals surface area contributed by atoms with Crippen molar-refractivity contribution in [2.45, 2.75) is 57.4 Å². The lowest BCUT2D eigenvalue weighted by Crippen LogP contribution is -2.36. The van der Waals surface area contributed by atoms with Crippen molar-refractivity contribution in [2.75, 3.05) is 18.0 Å². The van der Waals surface area contributed by atoms with Crippen LogP contribution in [0.2, 0.25) is 0 Å². The maximum absolute atomic E-state index is 12.1. The summed E-state index contributed by atoms with van der Waals surface area (Å²) >= 11 is 0. The molecule has 1 atom stereocenters. The van der Waals surface area contributed by atoms with Crippen LogP contribution in [-0.2, 0) is 11.8 Å². The Kier molecular flexibility index (Phi) is 5.01. The molecule has 0 bridgehead atoms. The van der Waals surface area contributed by atoms with Gasteiger partial charge < -0.3 is 10.2 Å². The molecule has 1 amide bonds. The molecule has 2 aliphatic rings. The smallest absolute Gasteiger partial charge is 0.220 e. The quantitative estimate of drug-likeness (QED) is 0.878. The molecular formula is C17H28N4O. The molecule has 2 fully saturated rings. The van der Waals surface area contributed by atoms with E-state index in [2.05, 4.69) is 15.3 Å². The molecule has 1 aliphatic carbocycles. The van der Waals surface area contributed by atoms with Crippen LogP contribution in [0.3, 0.4) is 0 Å². The summed E-state index contributed by atoms with van der Waals surface area (Å²) in [6.45, 7) is 1.90. The standard InChI is InChI=1S/C17H28N4O/c1-20-13-16(11-18-20)21-10-9-15(12-21)19-17(22)8-4-7-14-5-2-3-6-14/h11,13-15H,2-10,12H2,1H3,(H,19,22). The van der Waals surface area contributed by atoms with Gasteiger partial charge in [0, 0.05) is 38.8 Å². The van der Waals surface area contributed by atoms with Crippen molar-refractivity contribution in [1.29, 1.82) is 0 Å². The molecule has 3 rings (SSSR count). The van der Waals surface area contributed by atoms with E-state index in [1.54, 1.807) is 0 Å². The number of carbonyl (C=O) groups is 1. The number of carbonyl (C=O) groups excluding carboxylic acids is 1. The molecule has 0 aromatic carbocycles. The SMILES string of the molecule is Cn1cc(N2CCC(NC(=O)CCCC3CCCC3)C2)cn1. The fourth-order valence-electron chi connectivity index (χ4n) is 3.83. The van der Waals surface area contributed by atoms with Crippen LogP contribution in [0, 0.1) is 5.92 Å². The van der Waals surface area contributed by atoms with Crippen molar-refractivity contribution >= 4 is 11.6 Å². The third-order valence-electron chi connectivity index (χ3n) is 5.10. The van der Waals surface area contributed by atoms with Crippen LogP contribution in [0.25, 0.3) is 0 Å². The van der Waals surface area contributed by atoms with Crippen molar-refractivity contribution in [3.05, 3.63) is 12.4 Å². The minimum absolute atomic E-state index is 0.232. The molecule has 22 heavy (non-hydrogen) atoms. The average molecular weight is 304 g/mol. The molecule has 1 unspecified atom stereocenters. The molecule has 0 radical (unpaired) electrons. The highest BCUT2D eigenvalue weighted by Gasteiger charge is 2.24. The molecule has 1 saturated carbocycles. The zero-order valence-electron chi connectivity index (χ0n) is 13.6. The second kappa shape index (κ2) is 7.16. The Morgan fingerprint density at radius 1 is 1.36 bits per heavy atom. The lowest BCUT2D eigenvalue weighted by atomic mass is 10.0. The summed E-state index contributed by atoms with van der Waals surface area (Å²) in [6.07, 6.45) is 13.5. The Hall–Kier alpha value is -1.52. The fraction of sp³-hybridized carbons (Fsp3) is 0.765. The molecule has 2 heterocycles. The fourth-order valence-corrected chi connectivity index (χ4v) is 3.83. The highest BCUT2D eigenvalue weighted by Crippen LogP contribution is 2.28. The van der Waals surface area contributed by atoms with Crippen molar-refractivity contribution < 1.29 is 4.79 Å². The molecule has 1 N–H and O–H groups in total. The predicted octanol–water partition coefficient (Wildman–Crippen LogP) is 2.48. The number of hydrogen-bond acceptors (Lipinski definition) is 3. The van der Waals surface area contributed by atoms with E-state index < -0.39 is 0 Å². The third-order valence-corrected chi connectivity index (χ3v) is 5.10. The van der Waals surface area contributed by atoms with E-state index in [4.69, 9.17) is 0 Å². The molecule has 1 aliphatic heterocycles. The Morgan fingerprint density at radius 3 is 2.91 bits per heavy atom. The number of aromatic nitrogens is 2. The number of nitrogens with zero attached hydrogens (tertiary/aromatic N) is 3. The number of rotatable bonds is 6. The van der Waals surface area contributed by atoms with Gasteiger partial charge >= 0.3 is 0 Å². The molecule has 5 heteroatoms. The lowest BCUT2D eigenvalue weighted by molar-refractivity contribution is -0.121. The summed E-state index contributed by atoms with van der Waals surface area (Å²) in [4.78, 5) is 14.4. The molecule has 1 aromatic rings. The number of nitrogens with one attached hydrogen (secondary N) is 1. The van der Waals surface area contributed by atoms with Gasteiger partial charge in [-0.25, -0.2) is 0 Å². The van der Waals surface area contributed by atoms with E-state index in [-0.39, 0.29) is 5.91 Å². The van der Waals surface area contributed by atoms with E-state index in [1.807, 2.05) is 24.1 Å². The van der Waals surface area contributed by atoms with Crippen LogP contribution in [0.15, 0.2) is 12.4 Å². The van der Waals surface area contributed by atoms with Gasteiger partial charge in [0.2, 0.25) is 5.91 Å². The van der Waals surface area contributed by atoms with Crippen LogP contribution in [0.4, 0.5) is 5.69 Å². The zero-order valence-corrected chi connectivity index (χ0v) is 13.6. The van der Waals surface area contributed by atoms with E-state index in [1.165, 1.54) is 32.1 Å². The number of aryl methyl sites for hydroxylation is 1. The minimum Gasteiger partial charge on any atom is -0.367 e. The van der Waals surface area contributed by atoms with Gasteiger partial charge in [0.1, 0.15) is 0 Å². The monoisotopic (exact) mass is 304 g/mol. The summed E-state index contributed by atoms with van der Waals surface area (Å²) in [7, 11) is 1.93. The largest absolute Gasteiger partial charge is 0.367 e. The summed E-state index contributed by atoms with van der Waals surface area (Å²) in [5, 5.41) is 7.42. The first-order valence-corrected chi connectivity index (χ1v) is 8.73. The predicted molar refractivity (Wildman–Crippen MR) is 87.8 cm³/mol. The van der Waals surface area contributed by atoms with Crippen LogP contribution in [0.5, 0.6) is 0 Å². The molecule has 1 saturated heterocycles. The van der Waals surface area contributed by atoms with Crippen LogP contribution in [0.1, 0.15) is 51.4 Å². The highest BCUT2D eigenvalue weighted by atomic mass is 16.1. The first-order chi connectivity index (χ1) is 10.7. The molecule has 5 nitrogen and oxygen atoms in total. The first kappa shape index (κ1) is 15.4. The van der Waals surface area contributed by atoms with Crippen molar-refractivity contribution in [2.24, 2.45) is 13.0 Å².